The Hall–Kier alpha value is -3.94. The van der Waals surface area contributed by atoms with Crippen molar-refractivity contribution in [3.05, 3.63) is 99.5 Å². The third-order valence-electron chi connectivity index (χ3n) is 5.02. The fraction of sp³-hybridized carbons (Fsp3) is 0.227. The van der Waals surface area contributed by atoms with E-state index in [0.29, 0.717) is 5.56 Å². The van der Waals surface area contributed by atoms with Gasteiger partial charge in [-0.25, -0.2) is 14.6 Å². The number of carbonyl (C=O) groups excluding carboxylic acids is 1. The van der Waals surface area contributed by atoms with Gasteiger partial charge in [-0.1, -0.05) is 53.6 Å². The summed E-state index contributed by atoms with van der Waals surface area (Å²) in [4.78, 5) is 31.4. The minimum absolute atomic E-state index is 0.103. The summed E-state index contributed by atoms with van der Waals surface area (Å²) >= 11 is 0. The van der Waals surface area contributed by atoms with Gasteiger partial charge in [0.15, 0.2) is 0 Å². The molecule has 9 nitrogen and oxygen atoms in total. The molecule has 1 aromatic heterocycles. The van der Waals surface area contributed by atoms with Gasteiger partial charge < -0.3 is 9.47 Å². The number of nitrogens with zero attached hydrogens (tertiary/aromatic N) is 5. The van der Waals surface area contributed by atoms with Gasteiger partial charge in [0, 0.05) is 29.3 Å². The molecule has 1 aliphatic heterocycles. The van der Waals surface area contributed by atoms with E-state index in [2.05, 4.69) is 15.0 Å². The van der Waals surface area contributed by atoms with Gasteiger partial charge in [0.05, 0.1) is 11.6 Å². The molecule has 3 aromatic rings. The van der Waals surface area contributed by atoms with Crippen molar-refractivity contribution in [1.82, 2.24) is 9.55 Å². The summed E-state index contributed by atoms with van der Waals surface area (Å²) in [5.74, 6) is -0.503. The van der Waals surface area contributed by atoms with Crippen LogP contribution in [0.15, 0.2) is 83.0 Å². The molecular formula is C22H19N5O4. The second-order valence-corrected chi connectivity index (χ2v) is 7.00. The van der Waals surface area contributed by atoms with Crippen LogP contribution in [0, 0.1) is 0 Å². The molecule has 0 saturated carbocycles. The van der Waals surface area contributed by atoms with Crippen LogP contribution in [0.1, 0.15) is 23.0 Å². The number of rotatable bonds is 6. The maximum absolute atomic E-state index is 12.4. The molecule has 0 N–H and O–H groups in total. The molecule has 1 saturated heterocycles. The molecule has 4 rings (SSSR count). The van der Waals surface area contributed by atoms with Gasteiger partial charge in [-0.2, -0.15) is 0 Å². The predicted molar refractivity (Wildman–Crippen MR) is 112 cm³/mol. The minimum Gasteiger partial charge on any atom is -0.459 e. The van der Waals surface area contributed by atoms with E-state index in [1.54, 1.807) is 36.5 Å². The van der Waals surface area contributed by atoms with Crippen molar-refractivity contribution in [2.24, 2.45) is 5.11 Å². The molecule has 1 aliphatic rings. The Bertz CT molecular complexity index is 1160. The van der Waals surface area contributed by atoms with Crippen LogP contribution in [0.2, 0.25) is 0 Å². The lowest BCUT2D eigenvalue weighted by atomic mass is 10.1. The number of hydrogen-bond acceptors (Lipinski definition) is 6. The van der Waals surface area contributed by atoms with E-state index in [4.69, 9.17) is 15.0 Å². The van der Waals surface area contributed by atoms with Gasteiger partial charge in [0.2, 0.25) is 0 Å². The number of aromatic nitrogens is 2. The number of esters is 1. The molecule has 0 unspecified atom stereocenters. The smallest absolute Gasteiger partial charge is 0.349 e. The average molecular weight is 417 g/mol. The summed E-state index contributed by atoms with van der Waals surface area (Å²) in [7, 11) is 0. The molecule has 156 valence electrons. The third-order valence-corrected chi connectivity index (χ3v) is 5.02. The van der Waals surface area contributed by atoms with E-state index in [9.17, 15) is 9.59 Å². The van der Waals surface area contributed by atoms with Crippen LogP contribution in [-0.2, 0) is 9.47 Å². The predicted octanol–water partition coefficient (Wildman–Crippen LogP) is 3.73. The van der Waals surface area contributed by atoms with E-state index in [-0.39, 0.29) is 13.0 Å². The average Bonchev–Trinajstić information content (AvgIpc) is 3.21. The first kappa shape index (κ1) is 20.3. The lowest BCUT2D eigenvalue weighted by molar-refractivity contribution is -0.0361. The van der Waals surface area contributed by atoms with Crippen molar-refractivity contribution in [2.45, 2.75) is 24.8 Å². The maximum atomic E-state index is 12.4. The molecule has 31 heavy (non-hydrogen) atoms. The third kappa shape index (κ3) is 4.63. The Morgan fingerprint density at radius 3 is 2.58 bits per heavy atom. The highest BCUT2D eigenvalue weighted by atomic mass is 16.6. The molecule has 2 aromatic carbocycles. The summed E-state index contributed by atoms with van der Waals surface area (Å²) in [5, 5.41) is 3.77. The largest absolute Gasteiger partial charge is 0.459 e. The van der Waals surface area contributed by atoms with Crippen LogP contribution in [-0.4, -0.2) is 34.3 Å². The van der Waals surface area contributed by atoms with Crippen LogP contribution >= 0.6 is 0 Å². The molecular weight excluding hydrogens is 398 g/mol. The summed E-state index contributed by atoms with van der Waals surface area (Å²) in [6, 6.07) is 17.5. The lowest BCUT2D eigenvalue weighted by Crippen LogP contribution is -2.28. The maximum Gasteiger partial charge on any atom is 0.349 e. The zero-order valence-corrected chi connectivity index (χ0v) is 16.4. The second-order valence-electron chi connectivity index (χ2n) is 7.00. The highest BCUT2D eigenvalue weighted by molar-refractivity contribution is 5.89. The molecule has 0 radical (unpaired) electrons. The van der Waals surface area contributed by atoms with Crippen molar-refractivity contribution >= 4 is 5.97 Å². The van der Waals surface area contributed by atoms with Crippen LogP contribution in [0.5, 0.6) is 0 Å². The summed E-state index contributed by atoms with van der Waals surface area (Å²) in [6.07, 6.45) is 2.06. The molecule has 0 spiro atoms. The quantitative estimate of drug-likeness (QED) is 0.262. The van der Waals surface area contributed by atoms with Crippen LogP contribution in [0.25, 0.3) is 21.6 Å². The zero-order chi connectivity index (χ0) is 21.6. The van der Waals surface area contributed by atoms with Gasteiger partial charge in [0.1, 0.15) is 18.9 Å². The van der Waals surface area contributed by atoms with Gasteiger partial charge in [-0.3, -0.25) is 4.57 Å². The van der Waals surface area contributed by atoms with Gasteiger partial charge in [-0.15, -0.1) is 0 Å². The highest BCUT2D eigenvalue weighted by Gasteiger charge is 2.37. The molecule has 0 bridgehead atoms. The van der Waals surface area contributed by atoms with E-state index in [1.165, 1.54) is 10.8 Å². The van der Waals surface area contributed by atoms with Gasteiger partial charge >= 0.3 is 11.7 Å². The SMILES string of the molecule is [N-]=[N+]=N[C@H]1C[C@@H](n2cc(-c3ccccc3)cnc2=O)O[C@@H]1COC(=O)c1ccccc1. The fourth-order valence-electron chi connectivity index (χ4n) is 3.45. The minimum atomic E-state index is -0.695. The lowest BCUT2D eigenvalue weighted by Gasteiger charge is -2.17. The van der Waals surface area contributed by atoms with Crippen molar-refractivity contribution in [1.29, 1.82) is 0 Å². The van der Waals surface area contributed by atoms with Crippen molar-refractivity contribution in [3.8, 4) is 11.1 Å². The van der Waals surface area contributed by atoms with Crippen molar-refractivity contribution in [2.75, 3.05) is 6.61 Å². The summed E-state index contributed by atoms with van der Waals surface area (Å²) < 4.78 is 12.7. The van der Waals surface area contributed by atoms with Crippen LogP contribution in [0.3, 0.4) is 0 Å². The van der Waals surface area contributed by atoms with Crippen molar-refractivity contribution < 1.29 is 14.3 Å². The zero-order valence-electron chi connectivity index (χ0n) is 16.4. The molecule has 1 fully saturated rings. The van der Waals surface area contributed by atoms with Crippen LogP contribution < -0.4 is 5.69 Å². The van der Waals surface area contributed by atoms with Gasteiger partial charge in [-0.05, 0) is 23.2 Å². The fourth-order valence-corrected chi connectivity index (χ4v) is 3.45. The monoisotopic (exact) mass is 417 g/mol. The number of benzene rings is 2. The highest BCUT2D eigenvalue weighted by Crippen LogP contribution is 2.31. The molecule has 0 aliphatic carbocycles. The van der Waals surface area contributed by atoms with Crippen LogP contribution in [0.4, 0.5) is 0 Å². The van der Waals surface area contributed by atoms with E-state index in [0.717, 1.165) is 11.1 Å². The Labute approximate surface area is 177 Å². The Kier molecular flexibility index (Phi) is 6.07. The first-order chi connectivity index (χ1) is 15.2. The number of ether oxygens (including phenoxy) is 2. The first-order valence-electron chi connectivity index (χ1n) is 9.71. The number of carbonyl (C=O) groups is 1. The molecule has 2 heterocycles. The number of hydrogen-bond donors (Lipinski definition) is 0. The van der Waals surface area contributed by atoms with E-state index < -0.39 is 30.0 Å². The Morgan fingerprint density at radius 1 is 1.16 bits per heavy atom. The summed E-state index contributed by atoms with van der Waals surface area (Å²) in [6.45, 7) is -0.103. The topological polar surface area (TPSA) is 119 Å². The second kappa shape index (κ2) is 9.25. The first-order valence-corrected chi connectivity index (χ1v) is 9.71. The van der Waals surface area contributed by atoms with E-state index >= 15 is 0 Å². The standard InChI is InChI=1S/C22H19N5O4/c23-26-25-18-11-20(31-19(18)14-30-21(28)16-9-5-2-6-10-16)27-13-17(12-24-22(27)29)15-7-3-1-4-8-15/h1-10,12-13,18-20H,11,14H2/t18-,19+,20-/m0/s1. The molecule has 9 heteroatoms. The molecule has 3 atom stereocenters. The Morgan fingerprint density at radius 2 is 1.87 bits per heavy atom. The van der Waals surface area contributed by atoms with Gasteiger partial charge in [0.25, 0.3) is 0 Å². The number of azide groups is 1. The summed E-state index contributed by atoms with van der Waals surface area (Å²) in [5.41, 5.74) is 10.5. The van der Waals surface area contributed by atoms with Crippen molar-refractivity contribution in [3.63, 3.8) is 0 Å². The Balaban J connectivity index is 1.52. The van der Waals surface area contributed by atoms with E-state index in [1.807, 2.05) is 30.3 Å². The molecule has 0 amide bonds. The normalized spacial score (nSPS) is 20.1.